The molecule has 2 N–H and O–H groups in total. The molecule has 0 unspecified atom stereocenters. The van der Waals surface area contributed by atoms with E-state index >= 15 is 0 Å². The minimum absolute atomic E-state index is 0.151. The molecule has 0 radical (unpaired) electrons. The molecule has 0 aliphatic heterocycles. The zero-order chi connectivity index (χ0) is 16.2. The summed E-state index contributed by atoms with van der Waals surface area (Å²) in [6, 6.07) is 11.6. The van der Waals surface area contributed by atoms with Gasteiger partial charge in [-0.05, 0) is 48.7 Å². The molecule has 3 aromatic rings. The molecule has 0 aliphatic carbocycles. The highest BCUT2D eigenvalue weighted by molar-refractivity contribution is 5.91. The van der Waals surface area contributed by atoms with Gasteiger partial charge in [0.1, 0.15) is 5.75 Å². The van der Waals surface area contributed by atoms with Crippen molar-refractivity contribution in [2.75, 3.05) is 7.11 Å². The second-order valence-corrected chi connectivity index (χ2v) is 5.35. The number of aryl methyl sites for hydroxylation is 1. The van der Waals surface area contributed by atoms with Gasteiger partial charge in [-0.1, -0.05) is 6.07 Å². The number of aromatic amines is 1. The third kappa shape index (κ3) is 3.18. The molecule has 0 amide bonds. The number of fused-ring (bicyclic) bond motifs is 1. The summed E-state index contributed by atoms with van der Waals surface area (Å²) in [7, 11) is 1.64. The van der Waals surface area contributed by atoms with Crippen molar-refractivity contribution in [3.8, 4) is 17.1 Å². The van der Waals surface area contributed by atoms with Crippen LogP contribution in [0.15, 0.2) is 42.6 Å². The van der Waals surface area contributed by atoms with E-state index in [1.807, 2.05) is 36.4 Å². The number of aliphatic carboxylic acids is 1. The molecular weight excluding hydrogens is 292 g/mol. The van der Waals surface area contributed by atoms with Crippen LogP contribution in [0.4, 0.5) is 0 Å². The first-order valence-corrected chi connectivity index (χ1v) is 7.51. The van der Waals surface area contributed by atoms with Crippen molar-refractivity contribution >= 4 is 16.9 Å². The van der Waals surface area contributed by atoms with Crippen LogP contribution in [-0.2, 0) is 11.2 Å². The molecule has 23 heavy (non-hydrogen) atoms. The number of benzene rings is 1. The fourth-order valence-corrected chi connectivity index (χ4v) is 2.76. The Hall–Kier alpha value is -2.82. The maximum atomic E-state index is 10.8. The number of nitrogens with one attached hydrogen (secondary N) is 1. The van der Waals surface area contributed by atoms with Gasteiger partial charge in [0.15, 0.2) is 0 Å². The average molecular weight is 310 g/mol. The third-order valence-corrected chi connectivity index (χ3v) is 3.85. The Morgan fingerprint density at radius 2 is 2.17 bits per heavy atom. The summed E-state index contributed by atoms with van der Waals surface area (Å²) in [5.74, 6) is 0.00497. The topological polar surface area (TPSA) is 75.2 Å². The van der Waals surface area contributed by atoms with E-state index in [1.165, 1.54) is 0 Å². The lowest BCUT2D eigenvalue weighted by atomic mass is 10.0. The number of rotatable bonds is 6. The van der Waals surface area contributed by atoms with Crippen LogP contribution in [0.25, 0.3) is 22.3 Å². The number of carboxylic acids is 1. The Kier molecular flexibility index (Phi) is 4.28. The smallest absolute Gasteiger partial charge is 0.303 e. The number of carboxylic acid groups (broad SMARTS) is 1. The van der Waals surface area contributed by atoms with E-state index < -0.39 is 5.97 Å². The number of methoxy groups -OCH3 is 1. The van der Waals surface area contributed by atoms with Crippen molar-refractivity contribution in [3.63, 3.8) is 0 Å². The van der Waals surface area contributed by atoms with E-state index in [4.69, 9.17) is 9.84 Å². The molecule has 2 heterocycles. The lowest BCUT2D eigenvalue weighted by Crippen LogP contribution is -1.97. The number of carbonyl (C=O) groups is 1. The summed E-state index contributed by atoms with van der Waals surface area (Å²) in [6.07, 6.45) is 3.16. The van der Waals surface area contributed by atoms with Gasteiger partial charge in [-0.25, -0.2) is 0 Å². The number of aromatic nitrogens is 2. The van der Waals surface area contributed by atoms with Crippen LogP contribution in [0.3, 0.4) is 0 Å². The maximum Gasteiger partial charge on any atom is 0.303 e. The monoisotopic (exact) mass is 310 g/mol. The highest BCUT2D eigenvalue weighted by atomic mass is 16.5. The van der Waals surface area contributed by atoms with Gasteiger partial charge >= 0.3 is 5.97 Å². The van der Waals surface area contributed by atoms with Crippen molar-refractivity contribution in [2.24, 2.45) is 0 Å². The molecule has 0 fully saturated rings. The van der Waals surface area contributed by atoms with Crippen molar-refractivity contribution in [3.05, 3.63) is 48.2 Å². The summed E-state index contributed by atoms with van der Waals surface area (Å²) < 4.78 is 5.31. The summed E-state index contributed by atoms with van der Waals surface area (Å²) in [5.41, 5.74) is 3.88. The van der Waals surface area contributed by atoms with E-state index in [0.717, 1.165) is 33.6 Å². The normalized spacial score (nSPS) is 10.8. The molecule has 0 saturated carbocycles. The van der Waals surface area contributed by atoms with Gasteiger partial charge in [-0.3, -0.25) is 9.78 Å². The first-order valence-electron chi connectivity index (χ1n) is 7.51. The van der Waals surface area contributed by atoms with Crippen LogP contribution >= 0.6 is 0 Å². The number of nitrogens with zero attached hydrogens (tertiary/aromatic N) is 1. The van der Waals surface area contributed by atoms with Crippen molar-refractivity contribution in [1.29, 1.82) is 0 Å². The predicted octanol–water partition coefficient (Wildman–Crippen LogP) is 3.65. The van der Waals surface area contributed by atoms with E-state index in [1.54, 1.807) is 13.3 Å². The Balaban J connectivity index is 2.08. The van der Waals surface area contributed by atoms with Gasteiger partial charge in [0.25, 0.3) is 0 Å². The zero-order valence-corrected chi connectivity index (χ0v) is 12.9. The van der Waals surface area contributed by atoms with Gasteiger partial charge in [-0.2, -0.15) is 0 Å². The Labute approximate surface area is 133 Å². The van der Waals surface area contributed by atoms with Gasteiger partial charge < -0.3 is 14.8 Å². The average Bonchev–Trinajstić information content (AvgIpc) is 2.93. The van der Waals surface area contributed by atoms with Crippen LogP contribution in [0, 0.1) is 0 Å². The summed E-state index contributed by atoms with van der Waals surface area (Å²) in [6.45, 7) is 0. The molecule has 2 aromatic heterocycles. The van der Waals surface area contributed by atoms with Crippen molar-refractivity contribution in [2.45, 2.75) is 19.3 Å². The molecule has 0 saturated heterocycles. The van der Waals surface area contributed by atoms with Crippen LogP contribution in [0.1, 0.15) is 18.4 Å². The Morgan fingerprint density at radius 1 is 1.30 bits per heavy atom. The number of ether oxygens (including phenoxy) is 1. The van der Waals surface area contributed by atoms with Gasteiger partial charge in [0, 0.05) is 23.5 Å². The fourth-order valence-electron chi connectivity index (χ4n) is 2.76. The molecule has 0 atom stereocenters. The lowest BCUT2D eigenvalue weighted by molar-refractivity contribution is -0.137. The lowest BCUT2D eigenvalue weighted by Gasteiger charge is -2.04. The summed E-state index contributed by atoms with van der Waals surface area (Å²) in [4.78, 5) is 18.6. The van der Waals surface area contributed by atoms with Crippen LogP contribution < -0.4 is 4.74 Å². The Bertz CT molecular complexity index is 825. The van der Waals surface area contributed by atoms with Crippen molar-refractivity contribution in [1.82, 2.24) is 9.97 Å². The second kappa shape index (κ2) is 6.52. The van der Waals surface area contributed by atoms with E-state index in [-0.39, 0.29) is 6.42 Å². The molecule has 5 heteroatoms. The molecule has 1 aromatic carbocycles. The van der Waals surface area contributed by atoms with Crippen LogP contribution in [0.5, 0.6) is 5.75 Å². The molecule has 5 nitrogen and oxygen atoms in total. The van der Waals surface area contributed by atoms with Gasteiger partial charge in [0.05, 0.1) is 18.5 Å². The fraction of sp³-hybridized carbons (Fsp3) is 0.222. The molecule has 0 aliphatic rings. The van der Waals surface area contributed by atoms with Crippen molar-refractivity contribution < 1.29 is 14.6 Å². The van der Waals surface area contributed by atoms with Crippen LogP contribution in [0.2, 0.25) is 0 Å². The molecule has 3 rings (SSSR count). The maximum absolute atomic E-state index is 10.8. The van der Waals surface area contributed by atoms with E-state index in [0.29, 0.717) is 12.8 Å². The van der Waals surface area contributed by atoms with E-state index in [9.17, 15) is 4.79 Å². The van der Waals surface area contributed by atoms with E-state index in [2.05, 4.69) is 9.97 Å². The number of pyridine rings is 1. The first-order chi connectivity index (χ1) is 11.2. The summed E-state index contributed by atoms with van der Waals surface area (Å²) in [5, 5.41) is 9.94. The van der Waals surface area contributed by atoms with Gasteiger partial charge in [0.2, 0.25) is 0 Å². The number of hydrogen-bond donors (Lipinski definition) is 2. The van der Waals surface area contributed by atoms with Crippen LogP contribution in [-0.4, -0.2) is 28.2 Å². The SMILES string of the molecule is COc1ccc2[nH]c(-c3ccccn3)c(CCCC(=O)O)c2c1. The number of hydrogen-bond acceptors (Lipinski definition) is 3. The highest BCUT2D eigenvalue weighted by Gasteiger charge is 2.15. The molecule has 118 valence electrons. The third-order valence-electron chi connectivity index (χ3n) is 3.85. The minimum atomic E-state index is -0.776. The standard InChI is InChI=1S/C18H18N2O3/c1-23-12-8-9-15-14(11-12)13(5-4-7-17(21)22)18(20-15)16-6-2-3-10-19-16/h2-3,6,8-11,20H,4-5,7H2,1H3,(H,21,22). The highest BCUT2D eigenvalue weighted by Crippen LogP contribution is 2.32. The summed E-state index contributed by atoms with van der Waals surface area (Å²) >= 11 is 0. The second-order valence-electron chi connectivity index (χ2n) is 5.35. The first kappa shape index (κ1) is 15.1. The number of H-pyrrole nitrogens is 1. The minimum Gasteiger partial charge on any atom is -0.497 e. The molecular formula is C18H18N2O3. The molecule has 0 spiro atoms. The zero-order valence-electron chi connectivity index (χ0n) is 12.9. The largest absolute Gasteiger partial charge is 0.497 e. The Morgan fingerprint density at radius 3 is 2.87 bits per heavy atom. The molecule has 0 bridgehead atoms. The predicted molar refractivity (Wildman–Crippen MR) is 88.7 cm³/mol. The quantitative estimate of drug-likeness (QED) is 0.729. The van der Waals surface area contributed by atoms with Gasteiger partial charge in [-0.15, -0.1) is 0 Å².